The van der Waals surface area contributed by atoms with E-state index < -0.39 is 6.10 Å². The summed E-state index contributed by atoms with van der Waals surface area (Å²) in [6.07, 6.45) is 28.4. The van der Waals surface area contributed by atoms with Crippen LogP contribution in [0, 0.1) is 0 Å². The number of ether oxygens (including phenoxy) is 2. The van der Waals surface area contributed by atoms with Crippen molar-refractivity contribution in [2.75, 3.05) is 19.8 Å². The van der Waals surface area contributed by atoms with Gasteiger partial charge in [-0.15, -0.1) is 0 Å². The maximum Gasteiger partial charge on any atom is 0.306 e. The van der Waals surface area contributed by atoms with E-state index in [1.807, 2.05) is 0 Å². The van der Waals surface area contributed by atoms with Gasteiger partial charge in [0.2, 0.25) is 0 Å². The maximum absolute atomic E-state index is 12.0. The zero-order chi connectivity index (χ0) is 25.0. The van der Waals surface area contributed by atoms with Gasteiger partial charge < -0.3 is 14.6 Å². The molecule has 0 rings (SSSR count). The number of aliphatic hydroxyl groups is 1. The number of rotatable bonds is 28. The molecule has 0 heterocycles. The Kier molecular flexibility index (Phi) is 28.1. The molecular weight excluding hydrogens is 424 g/mol. The molecule has 0 aliphatic rings. The van der Waals surface area contributed by atoms with Crippen molar-refractivity contribution in [1.82, 2.24) is 0 Å². The van der Waals surface area contributed by atoms with E-state index in [4.69, 9.17) is 9.47 Å². The molecule has 1 atom stereocenters. The lowest BCUT2D eigenvalue weighted by atomic mass is 10.1. The molecule has 0 aliphatic carbocycles. The number of aliphatic hydroxyl groups excluding tert-OH is 1. The van der Waals surface area contributed by atoms with Crippen molar-refractivity contribution in [2.45, 2.75) is 168 Å². The fourth-order valence-corrected chi connectivity index (χ4v) is 4.39. The van der Waals surface area contributed by atoms with Gasteiger partial charge in [0.05, 0.1) is 13.2 Å². The summed E-state index contributed by atoms with van der Waals surface area (Å²) in [5, 5.41) is 9.47. The van der Waals surface area contributed by atoms with Gasteiger partial charge in [0.1, 0.15) is 6.10 Å². The highest BCUT2D eigenvalue weighted by Gasteiger charge is 2.13. The minimum absolute atomic E-state index is 0.164. The number of hydrogen-bond donors (Lipinski definition) is 1. The average molecular weight is 485 g/mol. The van der Waals surface area contributed by atoms with Crippen LogP contribution >= 0.6 is 0 Å². The highest BCUT2D eigenvalue weighted by Crippen LogP contribution is 2.13. The highest BCUT2D eigenvalue weighted by atomic mass is 16.6. The third-order valence-corrected chi connectivity index (χ3v) is 6.68. The molecule has 1 N–H and O–H groups in total. The SMILES string of the molecule is CCCCCCCCCCCCCCOCC(CO)OC(=O)CCCCCCCCCCCC. The van der Waals surface area contributed by atoms with E-state index in [0.29, 0.717) is 19.6 Å². The zero-order valence-electron chi connectivity index (χ0n) is 23.1. The summed E-state index contributed by atoms with van der Waals surface area (Å²) in [7, 11) is 0. The van der Waals surface area contributed by atoms with E-state index >= 15 is 0 Å². The third-order valence-electron chi connectivity index (χ3n) is 6.68. The standard InChI is InChI=1S/C30H60O4/c1-3-5-7-9-11-13-15-16-18-20-22-24-26-33-28-29(27-31)34-30(32)25-23-21-19-17-14-12-10-8-6-4-2/h29,31H,3-28H2,1-2H3. The zero-order valence-corrected chi connectivity index (χ0v) is 23.1. The largest absolute Gasteiger partial charge is 0.457 e. The lowest BCUT2D eigenvalue weighted by Crippen LogP contribution is -2.27. The average Bonchev–Trinajstić information content (AvgIpc) is 2.84. The molecule has 1 unspecified atom stereocenters. The van der Waals surface area contributed by atoms with Crippen LogP contribution in [0.3, 0.4) is 0 Å². The summed E-state index contributed by atoms with van der Waals surface area (Å²) in [6, 6.07) is 0. The first-order valence-corrected chi connectivity index (χ1v) is 15.1. The van der Waals surface area contributed by atoms with Gasteiger partial charge in [0, 0.05) is 13.0 Å². The summed E-state index contributed by atoms with van der Waals surface area (Å²) >= 11 is 0. The van der Waals surface area contributed by atoms with Gasteiger partial charge >= 0.3 is 5.97 Å². The number of hydrogen-bond acceptors (Lipinski definition) is 4. The minimum Gasteiger partial charge on any atom is -0.457 e. The van der Waals surface area contributed by atoms with Gasteiger partial charge in [0.25, 0.3) is 0 Å². The van der Waals surface area contributed by atoms with Crippen LogP contribution in [0.15, 0.2) is 0 Å². The summed E-state index contributed by atoms with van der Waals surface area (Å²) in [4.78, 5) is 12.0. The Morgan fingerprint density at radius 1 is 0.588 bits per heavy atom. The molecule has 4 nitrogen and oxygen atoms in total. The molecule has 34 heavy (non-hydrogen) atoms. The Hall–Kier alpha value is -0.610. The number of unbranched alkanes of at least 4 members (excludes halogenated alkanes) is 20. The molecule has 0 spiro atoms. The fraction of sp³-hybridized carbons (Fsp3) is 0.967. The molecule has 0 aromatic rings. The quantitative estimate of drug-likeness (QED) is 0.0889. The molecule has 0 aromatic carbocycles. The van der Waals surface area contributed by atoms with Crippen LogP contribution in [0.2, 0.25) is 0 Å². The van der Waals surface area contributed by atoms with Gasteiger partial charge in [-0.25, -0.2) is 0 Å². The second-order valence-electron chi connectivity index (χ2n) is 10.2. The molecule has 0 saturated heterocycles. The fourth-order valence-electron chi connectivity index (χ4n) is 4.39. The van der Waals surface area contributed by atoms with Crippen LogP contribution in [0.4, 0.5) is 0 Å². The molecule has 0 fully saturated rings. The van der Waals surface area contributed by atoms with Crippen molar-refractivity contribution in [1.29, 1.82) is 0 Å². The number of esters is 1. The van der Waals surface area contributed by atoms with Gasteiger partial charge in [0.15, 0.2) is 0 Å². The van der Waals surface area contributed by atoms with Crippen molar-refractivity contribution >= 4 is 5.97 Å². The minimum atomic E-state index is -0.520. The summed E-state index contributed by atoms with van der Waals surface area (Å²) < 4.78 is 11.0. The number of carbonyl (C=O) groups excluding carboxylic acids is 1. The predicted molar refractivity (Wildman–Crippen MR) is 145 cm³/mol. The third kappa shape index (κ3) is 26.0. The molecule has 0 radical (unpaired) electrons. The van der Waals surface area contributed by atoms with E-state index in [0.717, 1.165) is 19.3 Å². The molecule has 0 bridgehead atoms. The highest BCUT2D eigenvalue weighted by molar-refractivity contribution is 5.69. The van der Waals surface area contributed by atoms with Gasteiger partial charge in [-0.05, 0) is 12.8 Å². The molecular formula is C30H60O4. The Morgan fingerprint density at radius 3 is 1.38 bits per heavy atom. The molecule has 0 aromatic heterocycles. The topological polar surface area (TPSA) is 55.8 Å². The van der Waals surface area contributed by atoms with E-state index in [9.17, 15) is 9.90 Å². The van der Waals surface area contributed by atoms with E-state index in [1.165, 1.54) is 122 Å². The molecule has 0 amide bonds. The monoisotopic (exact) mass is 484 g/mol. The van der Waals surface area contributed by atoms with E-state index in [2.05, 4.69) is 13.8 Å². The second kappa shape index (κ2) is 28.6. The molecule has 204 valence electrons. The van der Waals surface area contributed by atoms with Crippen LogP contribution in [-0.4, -0.2) is 37.0 Å². The van der Waals surface area contributed by atoms with Crippen molar-refractivity contribution in [3.8, 4) is 0 Å². The Bertz CT molecular complexity index is 399. The predicted octanol–water partition coefficient (Wildman–Crippen LogP) is 8.92. The van der Waals surface area contributed by atoms with Crippen molar-refractivity contribution < 1.29 is 19.4 Å². The second-order valence-corrected chi connectivity index (χ2v) is 10.2. The van der Waals surface area contributed by atoms with Gasteiger partial charge in [-0.1, -0.05) is 142 Å². The van der Waals surface area contributed by atoms with Crippen molar-refractivity contribution in [3.05, 3.63) is 0 Å². The van der Waals surface area contributed by atoms with Crippen molar-refractivity contribution in [3.63, 3.8) is 0 Å². The summed E-state index contributed by atoms with van der Waals surface area (Å²) in [5.74, 6) is -0.201. The Morgan fingerprint density at radius 2 is 0.971 bits per heavy atom. The molecule has 0 aliphatic heterocycles. The lowest BCUT2D eigenvalue weighted by Gasteiger charge is -2.16. The normalized spacial score (nSPS) is 12.2. The van der Waals surface area contributed by atoms with E-state index in [1.54, 1.807) is 0 Å². The van der Waals surface area contributed by atoms with Crippen molar-refractivity contribution in [2.24, 2.45) is 0 Å². The molecule has 0 saturated carbocycles. The maximum atomic E-state index is 12.0. The van der Waals surface area contributed by atoms with Crippen LogP contribution in [0.1, 0.15) is 162 Å². The number of carbonyl (C=O) groups is 1. The first-order valence-electron chi connectivity index (χ1n) is 15.1. The van der Waals surface area contributed by atoms with Crippen LogP contribution < -0.4 is 0 Å². The first kappa shape index (κ1) is 33.4. The van der Waals surface area contributed by atoms with E-state index in [-0.39, 0.29) is 12.6 Å². The molecule has 4 heteroatoms. The van der Waals surface area contributed by atoms with Crippen LogP contribution in [0.5, 0.6) is 0 Å². The Balaban J connectivity index is 3.41. The van der Waals surface area contributed by atoms with Gasteiger partial charge in [-0.3, -0.25) is 4.79 Å². The first-order chi connectivity index (χ1) is 16.7. The smallest absolute Gasteiger partial charge is 0.306 e. The lowest BCUT2D eigenvalue weighted by molar-refractivity contribution is -0.154. The summed E-state index contributed by atoms with van der Waals surface area (Å²) in [5.41, 5.74) is 0. The van der Waals surface area contributed by atoms with Crippen LogP contribution in [-0.2, 0) is 14.3 Å². The summed E-state index contributed by atoms with van der Waals surface area (Å²) in [6.45, 7) is 5.34. The van der Waals surface area contributed by atoms with Gasteiger partial charge in [-0.2, -0.15) is 0 Å². The van der Waals surface area contributed by atoms with Crippen LogP contribution in [0.25, 0.3) is 0 Å². The Labute approximate surface area is 213 Å².